The zero-order chi connectivity index (χ0) is 16.4. The maximum Gasteiger partial charge on any atom is 0.319 e. The molecule has 1 aromatic heterocycles. The van der Waals surface area contributed by atoms with Gasteiger partial charge in [0, 0.05) is 36.6 Å². The van der Waals surface area contributed by atoms with Crippen LogP contribution in [0.5, 0.6) is 11.5 Å². The average Bonchev–Trinajstić information content (AvgIpc) is 2.78. The number of aromatic nitrogens is 2. The molecule has 0 fully saturated rings. The lowest BCUT2D eigenvalue weighted by Gasteiger charge is -2.19. The maximum atomic E-state index is 12.1. The van der Waals surface area contributed by atoms with Crippen LogP contribution >= 0.6 is 0 Å². The lowest BCUT2D eigenvalue weighted by Crippen LogP contribution is -2.28. The zero-order valence-electron chi connectivity index (χ0n) is 13.5. The molecule has 2 heterocycles. The molecule has 122 valence electrons. The highest BCUT2D eigenvalue weighted by atomic mass is 16.6. The highest BCUT2D eigenvalue weighted by Crippen LogP contribution is 2.32. The van der Waals surface area contributed by atoms with Gasteiger partial charge in [-0.25, -0.2) is 4.79 Å². The first-order chi connectivity index (χ1) is 11.0. The van der Waals surface area contributed by atoms with Crippen LogP contribution in [-0.4, -0.2) is 29.0 Å². The summed E-state index contributed by atoms with van der Waals surface area (Å²) >= 11 is 0. The lowest BCUT2D eigenvalue weighted by atomic mass is 10.2. The van der Waals surface area contributed by atoms with E-state index in [9.17, 15) is 4.79 Å². The number of carbonyl (C=O) groups is 1. The SMILES string of the molecule is Cc1nn(C)c(C)c1CNC(=O)Nc1ccc2c(c1)OCCO2. The molecule has 1 aliphatic heterocycles. The summed E-state index contributed by atoms with van der Waals surface area (Å²) in [7, 11) is 1.89. The van der Waals surface area contributed by atoms with Gasteiger partial charge >= 0.3 is 6.03 Å². The standard InChI is InChI=1S/C16H20N4O3/c1-10-13(11(2)20(3)19-10)9-17-16(21)18-12-4-5-14-15(8-12)23-7-6-22-14/h4-5,8H,6-7,9H2,1-3H3,(H2,17,18,21). The third-order valence-corrected chi connectivity index (χ3v) is 3.88. The number of fused-ring (bicyclic) bond motifs is 1. The molecule has 2 amide bonds. The summed E-state index contributed by atoms with van der Waals surface area (Å²) in [6.07, 6.45) is 0. The van der Waals surface area contributed by atoms with Crippen molar-refractivity contribution in [1.29, 1.82) is 0 Å². The molecule has 2 N–H and O–H groups in total. The predicted molar refractivity (Wildman–Crippen MR) is 86.0 cm³/mol. The van der Waals surface area contributed by atoms with Gasteiger partial charge in [0.05, 0.1) is 5.69 Å². The minimum atomic E-state index is -0.274. The zero-order valence-corrected chi connectivity index (χ0v) is 13.5. The first kappa shape index (κ1) is 15.2. The summed E-state index contributed by atoms with van der Waals surface area (Å²) < 4.78 is 12.8. The van der Waals surface area contributed by atoms with Crippen molar-refractivity contribution in [2.45, 2.75) is 20.4 Å². The summed E-state index contributed by atoms with van der Waals surface area (Å²) in [6, 6.07) is 5.06. The molecule has 0 atom stereocenters. The van der Waals surface area contributed by atoms with Crippen molar-refractivity contribution in [3.05, 3.63) is 35.2 Å². The van der Waals surface area contributed by atoms with Gasteiger partial charge in [0.2, 0.25) is 0 Å². The highest BCUT2D eigenvalue weighted by Gasteiger charge is 2.14. The molecule has 0 saturated carbocycles. The summed E-state index contributed by atoms with van der Waals surface area (Å²) in [6.45, 7) is 5.41. The molecule has 0 aliphatic carbocycles. The number of urea groups is 1. The quantitative estimate of drug-likeness (QED) is 0.909. The summed E-state index contributed by atoms with van der Waals surface area (Å²) in [5.74, 6) is 1.34. The Morgan fingerprint density at radius 3 is 2.70 bits per heavy atom. The molecule has 2 aromatic rings. The van der Waals surface area contributed by atoms with Crippen LogP contribution < -0.4 is 20.1 Å². The van der Waals surface area contributed by atoms with Crippen LogP contribution in [0.25, 0.3) is 0 Å². The Morgan fingerprint density at radius 1 is 1.26 bits per heavy atom. The van der Waals surface area contributed by atoms with Crippen LogP contribution in [0.2, 0.25) is 0 Å². The van der Waals surface area contributed by atoms with E-state index >= 15 is 0 Å². The summed E-state index contributed by atoms with van der Waals surface area (Å²) in [4.78, 5) is 12.1. The van der Waals surface area contributed by atoms with Crippen LogP contribution in [0.1, 0.15) is 17.0 Å². The van der Waals surface area contributed by atoms with E-state index in [1.165, 1.54) is 0 Å². The first-order valence-corrected chi connectivity index (χ1v) is 7.48. The minimum Gasteiger partial charge on any atom is -0.486 e. The van der Waals surface area contributed by atoms with Crippen molar-refractivity contribution in [2.24, 2.45) is 7.05 Å². The third-order valence-electron chi connectivity index (χ3n) is 3.88. The Bertz CT molecular complexity index is 739. The highest BCUT2D eigenvalue weighted by molar-refractivity contribution is 5.89. The van der Waals surface area contributed by atoms with E-state index in [1.54, 1.807) is 18.2 Å². The van der Waals surface area contributed by atoms with E-state index in [4.69, 9.17) is 9.47 Å². The lowest BCUT2D eigenvalue weighted by molar-refractivity contribution is 0.171. The molecule has 0 spiro atoms. The fraction of sp³-hybridized carbons (Fsp3) is 0.375. The topological polar surface area (TPSA) is 77.4 Å². The van der Waals surface area contributed by atoms with Gasteiger partial charge in [0.1, 0.15) is 13.2 Å². The Morgan fingerprint density at radius 2 is 2.00 bits per heavy atom. The van der Waals surface area contributed by atoms with Gasteiger partial charge in [-0.15, -0.1) is 0 Å². The second-order valence-corrected chi connectivity index (χ2v) is 5.44. The molecule has 1 aromatic carbocycles. The van der Waals surface area contributed by atoms with Gasteiger partial charge in [-0.05, 0) is 26.0 Å². The maximum absolute atomic E-state index is 12.1. The van der Waals surface area contributed by atoms with Crippen LogP contribution in [0.3, 0.4) is 0 Å². The van der Waals surface area contributed by atoms with Crippen molar-refractivity contribution < 1.29 is 14.3 Å². The van der Waals surface area contributed by atoms with Crippen molar-refractivity contribution in [3.63, 3.8) is 0 Å². The van der Waals surface area contributed by atoms with Crippen LogP contribution in [0.15, 0.2) is 18.2 Å². The Balaban J connectivity index is 1.61. The van der Waals surface area contributed by atoms with Crippen molar-refractivity contribution in [3.8, 4) is 11.5 Å². The second kappa shape index (κ2) is 6.20. The van der Waals surface area contributed by atoms with Crippen LogP contribution in [0.4, 0.5) is 10.5 Å². The number of amides is 2. The molecule has 3 rings (SSSR count). The number of ether oxygens (including phenoxy) is 2. The molecule has 0 bridgehead atoms. The van der Waals surface area contributed by atoms with E-state index in [0.29, 0.717) is 36.9 Å². The number of rotatable bonds is 3. The van der Waals surface area contributed by atoms with Crippen LogP contribution in [-0.2, 0) is 13.6 Å². The minimum absolute atomic E-state index is 0.274. The van der Waals surface area contributed by atoms with Crippen molar-refractivity contribution in [1.82, 2.24) is 15.1 Å². The van der Waals surface area contributed by atoms with Gasteiger partial charge in [-0.2, -0.15) is 5.10 Å². The first-order valence-electron chi connectivity index (χ1n) is 7.48. The Hall–Kier alpha value is -2.70. The number of hydrogen-bond donors (Lipinski definition) is 2. The summed E-state index contributed by atoms with van der Waals surface area (Å²) in [5, 5.41) is 9.98. The third kappa shape index (κ3) is 3.23. The van der Waals surface area contributed by atoms with Crippen molar-refractivity contribution in [2.75, 3.05) is 18.5 Å². The summed E-state index contributed by atoms with van der Waals surface area (Å²) in [5.41, 5.74) is 3.66. The Kier molecular flexibility index (Phi) is 4.10. The molecule has 7 nitrogen and oxygen atoms in total. The normalized spacial score (nSPS) is 12.8. The Labute approximate surface area is 134 Å². The second-order valence-electron chi connectivity index (χ2n) is 5.44. The number of nitrogens with one attached hydrogen (secondary N) is 2. The van der Waals surface area contributed by atoms with Gasteiger partial charge < -0.3 is 20.1 Å². The molecule has 0 saturated heterocycles. The fourth-order valence-electron chi connectivity index (χ4n) is 2.54. The van der Waals surface area contributed by atoms with E-state index in [-0.39, 0.29) is 6.03 Å². The fourth-order valence-corrected chi connectivity index (χ4v) is 2.54. The number of carbonyl (C=O) groups excluding carboxylic acids is 1. The van der Waals surface area contributed by atoms with Crippen molar-refractivity contribution >= 4 is 11.7 Å². The number of nitrogens with zero attached hydrogens (tertiary/aromatic N) is 2. The molecule has 1 aliphatic rings. The van der Waals surface area contributed by atoms with E-state index in [1.807, 2.05) is 25.6 Å². The molecular formula is C16H20N4O3. The van der Waals surface area contributed by atoms with E-state index < -0.39 is 0 Å². The molecule has 0 unspecified atom stereocenters. The number of hydrogen-bond acceptors (Lipinski definition) is 4. The number of benzene rings is 1. The van der Waals surface area contributed by atoms with E-state index in [2.05, 4.69) is 15.7 Å². The van der Waals surface area contributed by atoms with Gasteiger partial charge in [-0.3, -0.25) is 4.68 Å². The van der Waals surface area contributed by atoms with Crippen LogP contribution in [0, 0.1) is 13.8 Å². The van der Waals surface area contributed by atoms with Gasteiger partial charge in [0.25, 0.3) is 0 Å². The molecule has 7 heteroatoms. The predicted octanol–water partition coefficient (Wildman–Crippen LogP) is 2.13. The average molecular weight is 316 g/mol. The monoisotopic (exact) mass is 316 g/mol. The largest absolute Gasteiger partial charge is 0.486 e. The van der Waals surface area contributed by atoms with Gasteiger partial charge in [0.15, 0.2) is 11.5 Å². The van der Waals surface area contributed by atoms with E-state index in [0.717, 1.165) is 17.0 Å². The molecule has 0 radical (unpaired) electrons. The molecule has 23 heavy (non-hydrogen) atoms. The number of aryl methyl sites for hydroxylation is 2. The number of anilines is 1. The smallest absolute Gasteiger partial charge is 0.319 e. The molecular weight excluding hydrogens is 296 g/mol. The van der Waals surface area contributed by atoms with Gasteiger partial charge in [-0.1, -0.05) is 0 Å².